The van der Waals surface area contributed by atoms with Gasteiger partial charge in [0, 0.05) is 19.1 Å². The summed E-state index contributed by atoms with van der Waals surface area (Å²) in [5.74, 6) is -0.176. The average Bonchev–Trinajstić information content (AvgIpc) is 2.90. The van der Waals surface area contributed by atoms with E-state index in [9.17, 15) is 4.79 Å². The maximum atomic E-state index is 12.0. The first-order chi connectivity index (χ1) is 7.69. The summed E-state index contributed by atoms with van der Waals surface area (Å²) in [6.07, 6.45) is 5.45. The van der Waals surface area contributed by atoms with Gasteiger partial charge in [0.25, 0.3) is 0 Å². The van der Waals surface area contributed by atoms with Crippen molar-refractivity contribution < 1.29 is 14.3 Å². The van der Waals surface area contributed by atoms with E-state index in [0.29, 0.717) is 12.6 Å². The zero-order chi connectivity index (χ0) is 11.6. The molecule has 0 aromatic rings. The summed E-state index contributed by atoms with van der Waals surface area (Å²) in [6, 6.07) is 0.447. The molecule has 2 unspecified atom stereocenters. The second-order valence-electron chi connectivity index (χ2n) is 4.85. The molecule has 1 N–H and O–H groups in total. The number of nitrogens with one attached hydrogen (secondary N) is 1. The van der Waals surface area contributed by atoms with Gasteiger partial charge in [0.05, 0.1) is 13.2 Å². The fourth-order valence-corrected chi connectivity index (χ4v) is 2.88. The normalized spacial score (nSPS) is 35.5. The number of carbonyl (C=O) groups is 1. The Morgan fingerprint density at radius 3 is 2.62 bits per heavy atom. The molecule has 0 aromatic heterocycles. The van der Waals surface area contributed by atoms with Crippen LogP contribution < -0.4 is 5.32 Å². The van der Waals surface area contributed by atoms with Crippen LogP contribution in [0.15, 0.2) is 0 Å². The smallest absolute Gasteiger partial charge is 0.328 e. The van der Waals surface area contributed by atoms with Crippen LogP contribution in [-0.2, 0) is 14.3 Å². The fraction of sp³-hybridized carbons (Fsp3) is 0.917. The van der Waals surface area contributed by atoms with Crippen LogP contribution in [-0.4, -0.2) is 37.4 Å². The molecule has 2 fully saturated rings. The molecule has 0 spiro atoms. The Hall–Kier alpha value is -0.610. The molecule has 16 heavy (non-hydrogen) atoms. The van der Waals surface area contributed by atoms with Crippen LogP contribution in [0.1, 0.15) is 39.0 Å². The third kappa shape index (κ3) is 1.96. The first-order valence-electron chi connectivity index (χ1n) is 6.17. The van der Waals surface area contributed by atoms with Crippen LogP contribution in [0, 0.1) is 0 Å². The maximum Gasteiger partial charge on any atom is 0.328 e. The van der Waals surface area contributed by atoms with Crippen molar-refractivity contribution in [3.8, 4) is 0 Å². The first kappa shape index (κ1) is 11.9. The molecule has 2 aliphatic rings. The van der Waals surface area contributed by atoms with Crippen molar-refractivity contribution in [1.82, 2.24) is 5.32 Å². The summed E-state index contributed by atoms with van der Waals surface area (Å²) >= 11 is 0. The number of carbonyl (C=O) groups excluding carboxylic acids is 1. The van der Waals surface area contributed by atoms with E-state index in [4.69, 9.17) is 9.47 Å². The summed E-state index contributed by atoms with van der Waals surface area (Å²) in [4.78, 5) is 12.0. The van der Waals surface area contributed by atoms with E-state index < -0.39 is 5.54 Å². The molecule has 4 heteroatoms. The second kappa shape index (κ2) is 4.72. The van der Waals surface area contributed by atoms with Crippen molar-refractivity contribution in [2.24, 2.45) is 0 Å². The first-order valence-corrected chi connectivity index (χ1v) is 6.17. The number of rotatable bonds is 3. The summed E-state index contributed by atoms with van der Waals surface area (Å²) in [5.41, 5.74) is -0.607. The van der Waals surface area contributed by atoms with Crippen molar-refractivity contribution in [2.75, 3.05) is 13.7 Å². The summed E-state index contributed by atoms with van der Waals surface area (Å²) in [5, 5.41) is 3.49. The Morgan fingerprint density at radius 1 is 1.44 bits per heavy atom. The number of ether oxygens (including phenoxy) is 2. The van der Waals surface area contributed by atoms with E-state index >= 15 is 0 Å². The zero-order valence-electron chi connectivity index (χ0n) is 10.1. The van der Waals surface area contributed by atoms with E-state index in [1.54, 1.807) is 0 Å². The van der Waals surface area contributed by atoms with Gasteiger partial charge in [0.15, 0.2) is 0 Å². The Bertz CT molecular complexity index is 263. The molecule has 4 nitrogen and oxygen atoms in total. The molecule has 1 heterocycles. The Labute approximate surface area is 96.7 Å². The standard InChI is InChI=1S/C12H21NO3/c1-9-12(7-8-16-9,11(14)15-2)13-10-5-3-4-6-10/h9-10,13H,3-8H2,1-2H3. The van der Waals surface area contributed by atoms with Gasteiger partial charge < -0.3 is 9.47 Å². The molecular formula is C12H21NO3. The summed E-state index contributed by atoms with van der Waals surface area (Å²) in [6.45, 7) is 2.59. The van der Waals surface area contributed by atoms with Gasteiger partial charge in [-0.05, 0) is 19.8 Å². The topological polar surface area (TPSA) is 47.6 Å². The minimum absolute atomic E-state index is 0.0967. The predicted molar refractivity (Wildman–Crippen MR) is 60.2 cm³/mol. The highest BCUT2D eigenvalue weighted by Gasteiger charge is 2.50. The van der Waals surface area contributed by atoms with Crippen LogP contribution in [0.4, 0.5) is 0 Å². The Balaban J connectivity index is 2.10. The molecule has 2 rings (SSSR count). The zero-order valence-corrected chi connectivity index (χ0v) is 10.1. The molecule has 0 amide bonds. The van der Waals surface area contributed by atoms with E-state index in [1.807, 2.05) is 6.92 Å². The lowest BCUT2D eigenvalue weighted by Gasteiger charge is -2.33. The van der Waals surface area contributed by atoms with Crippen molar-refractivity contribution in [3.05, 3.63) is 0 Å². The monoisotopic (exact) mass is 227 g/mol. The molecular weight excluding hydrogens is 206 g/mol. The third-order valence-corrected chi connectivity index (χ3v) is 3.92. The molecule has 2 atom stereocenters. The molecule has 0 radical (unpaired) electrons. The SMILES string of the molecule is COC(=O)C1(NC2CCCC2)CCOC1C. The number of hydrogen-bond acceptors (Lipinski definition) is 4. The molecule has 1 saturated carbocycles. The Kier molecular flexibility index (Phi) is 3.50. The van der Waals surface area contributed by atoms with Crippen molar-refractivity contribution in [1.29, 1.82) is 0 Å². The van der Waals surface area contributed by atoms with Crippen LogP contribution in [0.2, 0.25) is 0 Å². The van der Waals surface area contributed by atoms with Crippen molar-refractivity contribution in [3.63, 3.8) is 0 Å². The quantitative estimate of drug-likeness (QED) is 0.737. The van der Waals surface area contributed by atoms with Gasteiger partial charge in [-0.2, -0.15) is 0 Å². The third-order valence-electron chi connectivity index (χ3n) is 3.92. The largest absolute Gasteiger partial charge is 0.468 e. The lowest BCUT2D eigenvalue weighted by Crippen LogP contribution is -2.60. The van der Waals surface area contributed by atoms with Gasteiger partial charge in [0.1, 0.15) is 5.54 Å². The lowest BCUT2D eigenvalue weighted by molar-refractivity contribution is -0.151. The molecule has 0 aromatic carbocycles. The van der Waals surface area contributed by atoms with E-state index in [2.05, 4.69) is 5.32 Å². The highest BCUT2D eigenvalue weighted by molar-refractivity contribution is 5.82. The van der Waals surface area contributed by atoms with Crippen LogP contribution in [0.3, 0.4) is 0 Å². The van der Waals surface area contributed by atoms with Gasteiger partial charge >= 0.3 is 5.97 Å². The molecule has 0 bridgehead atoms. The number of hydrogen-bond donors (Lipinski definition) is 1. The van der Waals surface area contributed by atoms with Crippen molar-refractivity contribution >= 4 is 5.97 Å². The maximum absolute atomic E-state index is 12.0. The number of esters is 1. The summed E-state index contributed by atoms with van der Waals surface area (Å²) < 4.78 is 10.5. The van der Waals surface area contributed by atoms with Crippen molar-refractivity contribution in [2.45, 2.75) is 56.7 Å². The number of methoxy groups -OCH3 is 1. The average molecular weight is 227 g/mol. The highest BCUT2D eigenvalue weighted by atomic mass is 16.5. The van der Waals surface area contributed by atoms with E-state index in [0.717, 1.165) is 19.3 Å². The van der Waals surface area contributed by atoms with Gasteiger partial charge in [-0.25, -0.2) is 4.79 Å². The Morgan fingerprint density at radius 2 is 2.12 bits per heavy atom. The van der Waals surface area contributed by atoms with Gasteiger partial charge in [-0.3, -0.25) is 5.32 Å². The molecule has 92 valence electrons. The van der Waals surface area contributed by atoms with E-state index in [1.165, 1.54) is 20.0 Å². The van der Waals surface area contributed by atoms with Gasteiger partial charge in [-0.1, -0.05) is 12.8 Å². The minimum Gasteiger partial charge on any atom is -0.468 e. The fourth-order valence-electron chi connectivity index (χ4n) is 2.88. The van der Waals surface area contributed by atoms with Crippen LogP contribution >= 0.6 is 0 Å². The van der Waals surface area contributed by atoms with Gasteiger partial charge in [-0.15, -0.1) is 0 Å². The van der Waals surface area contributed by atoms with Crippen LogP contribution in [0.25, 0.3) is 0 Å². The summed E-state index contributed by atoms with van der Waals surface area (Å²) in [7, 11) is 1.45. The molecule has 1 aliphatic heterocycles. The predicted octanol–water partition coefficient (Wildman–Crippen LogP) is 1.24. The minimum atomic E-state index is -0.607. The molecule has 1 saturated heterocycles. The van der Waals surface area contributed by atoms with Crippen LogP contribution in [0.5, 0.6) is 0 Å². The van der Waals surface area contributed by atoms with Gasteiger partial charge in [0.2, 0.25) is 0 Å². The molecule has 1 aliphatic carbocycles. The second-order valence-corrected chi connectivity index (χ2v) is 4.85. The van der Waals surface area contributed by atoms with E-state index in [-0.39, 0.29) is 12.1 Å². The lowest BCUT2D eigenvalue weighted by atomic mass is 9.90. The highest BCUT2D eigenvalue weighted by Crippen LogP contribution is 2.30.